The van der Waals surface area contributed by atoms with Crippen molar-refractivity contribution in [1.29, 1.82) is 0 Å². The Labute approximate surface area is 130 Å². The zero-order valence-corrected chi connectivity index (χ0v) is 14.0. The summed E-state index contributed by atoms with van der Waals surface area (Å²) in [6.45, 7) is 7.25. The number of piperidine rings is 1. The molecule has 1 saturated carbocycles. The van der Waals surface area contributed by atoms with Crippen LogP contribution in [-0.4, -0.2) is 34.4 Å². The molecule has 2 heterocycles. The number of nitrogens with one attached hydrogen (secondary N) is 1. The number of amides is 1. The average Bonchev–Trinajstić information content (AvgIpc) is 3.20. The molecule has 0 unspecified atom stereocenters. The number of rotatable bonds is 4. The molecular formula is C16H25N3OS. The lowest BCUT2D eigenvalue weighted by Crippen LogP contribution is -2.45. The fourth-order valence-corrected chi connectivity index (χ4v) is 3.99. The molecule has 1 aromatic heterocycles. The highest BCUT2D eigenvalue weighted by Gasteiger charge is 2.31. The van der Waals surface area contributed by atoms with Gasteiger partial charge >= 0.3 is 0 Å². The van der Waals surface area contributed by atoms with Gasteiger partial charge in [0.05, 0.1) is 5.69 Å². The number of nitrogens with zero attached hydrogens (tertiary/aromatic N) is 2. The topological polar surface area (TPSA) is 45.2 Å². The number of carbonyl (C=O) groups excluding carboxylic acids is 1. The van der Waals surface area contributed by atoms with Gasteiger partial charge in [0.2, 0.25) is 0 Å². The Morgan fingerprint density at radius 3 is 2.81 bits per heavy atom. The van der Waals surface area contributed by atoms with Crippen LogP contribution in [0.15, 0.2) is 0 Å². The van der Waals surface area contributed by atoms with Crippen LogP contribution in [-0.2, 0) is 0 Å². The van der Waals surface area contributed by atoms with Gasteiger partial charge in [0.1, 0.15) is 4.88 Å². The third kappa shape index (κ3) is 3.23. The van der Waals surface area contributed by atoms with E-state index in [-0.39, 0.29) is 5.91 Å². The van der Waals surface area contributed by atoms with Gasteiger partial charge in [-0.15, -0.1) is 0 Å². The van der Waals surface area contributed by atoms with Gasteiger partial charge in [-0.3, -0.25) is 4.79 Å². The van der Waals surface area contributed by atoms with Crippen LogP contribution in [0.5, 0.6) is 0 Å². The maximum Gasteiger partial charge on any atom is 0.266 e. The monoisotopic (exact) mass is 307 g/mol. The van der Waals surface area contributed by atoms with E-state index in [1.807, 2.05) is 6.92 Å². The lowest BCUT2D eigenvalue weighted by molar-refractivity contribution is 0.0560. The van der Waals surface area contributed by atoms with Crippen LogP contribution in [0.4, 0.5) is 5.13 Å². The van der Waals surface area contributed by atoms with Crippen LogP contribution in [0, 0.1) is 12.8 Å². The van der Waals surface area contributed by atoms with Crippen molar-refractivity contribution in [3.05, 3.63) is 10.6 Å². The van der Waals surface area contributed by atoms with E-state index in [0.29, 0.717) is 18.0 Å². The molecule has 2 atom stereocenters. The van der Waals surface area contributed by atoms with Crippen LogP contribution in [0.2, 0.25) is 0 Å². The van der Waals surface area contributed by atoms with E-state index < -0.39 is 0 Å². The highest BCUT2D eigenvalue weighted by molar-refractivity contribution is 7.17. The molecule has 2 aliphatic rings. The Morgan fingerprint density at radius 2 is 2.14 bits per heavy atom. The number of hydrogen-bond acceptors (Lipinski definition) is 4. The predicted molar refractivity (Wildman–Crippen MR) is 87.0 cm³/mol. The van der Waals surface area contributed by atoms with Gasteiger partial charge in [0.15, 0.2) is 5.13 Å². The zero-order valence-electron chi connectivity index (χ0n) is 13.2. The van der Waals surface area contributed by atoms with E-state index in [9.17, 15) is 4.79 Å². The number of likely N-dealkylation sites (tertiary alicyclic amines) is 1. The summed E-state index contributed by atoms with van der Waals surface area (Å²) in [6.07, 6.45) is 5.98. The fourth-order valence-electron chi connectivity index (χ4n) is 2.99. The van der Waals surface area contributed by atoms with Crippen LogP contribution in [0.25, 0.3) is 0 Å². The summed E-state index contributed by atoms with van der Waals surface area (Å²) in [7, 11) is 0. The van der Waals surface area contributed by atoms with Gasteiger partial charge < -0.3 is 10.2 Å². The summed E-state index contributed by atoms with van der Waals surface area (Å²) in [5.41, 5.74) is 0.874. The molecule has 0 aromatic carbocycles. The van der Waals surface area contributed by atoms with Crippen molar-refractivity contribution in [3.8, 4) is 0 Å². The molecule has 2 fully saturated rings. The maximum absolute atomic E-state index is 12.9. The van der Waals surface area contributed by atoms with Crippen molar-refractivity contribution < 1.29 is 4.79 Å². The highest BCUT2D eigenvalue weighted by atomic mass is 32.1. The van der Waals surface area contributed by atoms with E-state index in [2.05, 4.69) is 29.0 Å². The fraction of sp³-hybridized carbons (Fsp3) is 0.750. The SMILES string of the molecule is CC[C@@H]1CC[C@@H](C)N(C(=O)c2sc(NC3CC3)nc2C)C1. The van der Waals surface area contributed by atoms with Crippen molar-refractivity contribution in [1.82, 2.24) is 9.88 Å². The lowest BCUT2D eigenvalue weighted by atomic mass is 9.91. The number of aromatic nitrogens is 1. The summed E-state index contributed by atoms with van der Waals surface area (Å²) in [4.78, 5) is 20.3. The largest absolute Gasteiger partial charge is 0.359 e. The van der Waals surface area contributed by atoms with Gasteiger partial charge in [-0.1, -0.05) is 24.7 Å². The second-order valence-electron chi connectivity index (χ2n) is 6.51. The van der Waals surface area contributed by atoms with E-state index in [4.69, 9.17) is 0 Å². The molecule has 0 spiro atoms. The first-order valence-electron chi connectivity index (χ1n) is 8.13. The van der Waals surface area contributed by atoms with Crippen molar-refractivity contribution in [2.75, 3.05) is 11.9 Å². The van der Waals surface area contributed by atoms with Gasteiger partial charge in [-0.05, 0) is 45.4 Å². The van der Waals surface area contributed by atoms with Gasteiger partial charge in [-0.2, -0.15) is 0 Å². The Hall–Kier alpha value is -1.10. The number of thiazole rings is 1. The molecule has 4 nitrogen and oxygen atoms in total. The van der Waals surface area contributed by atoms with Crippen molar-refractivity contribution in [2.24, 2.45) is 5.92 Å². The van der Waals surface area contributed by atoms with Crippen LogP contribution < -0.4 is 5.32 Å². The minimum atomic E-state index is 0.180. The molecule has 1 aliphatic carbocycles. The lowest BCUT2D eigenvalue weighted by Gasteiger charge is -2.37. The molecule has 1 aromatic rings. The summed E-state index contributed by atoms with van der Waals surface area (Å²) < 4.78 is 0. The molecule has 5 heteroatoms. The van der Waals surface area contributed by atoms with Gasteiger partial charge in [0, 0.05) is 18.6 Å². The van der Waals surface area contributed by atoms with Crippen LogP contribution in [0.1, 0.15) is 61.3 Å². The third-order valence-electron chi connectivity index (χ3n) is 4.71. The molecule has 3 rings (SSSR count). The Kier molecular flexibility index (Phi) is 4.20. The summed E-state index contributed by atoms with van der Waals surface area (Å²) in [5.74, 6) is 0.835. The first-order chi connectivity index (χ1) is 10.1. The maximum atomic E-state index is 12.9. The average molecular weight is 307 g/mol. The summed E-state index contributed by atoms with van der Waals surface area (Å²) in [6, 6.07) is 0.929. The Balaban J connectivity index is 1.75. The Bertz CT molecular complexity index is 524. The minimum absolute atomic E-state index is 0.180. The molecule has 1 amide bonds. The standard InChI is InChI=1S/C16H25N3OS/c1-4-12-6-5-10(2)19(9-12)15(20)14-11(3)17-16(21-14)18-13-7-8-13/h10,12-13H,4-9H2,1-3H3,(H,17,18)/t10-,12-/m1/s1. The van der Waals surface area contributed by atoms with Crippen LogP contribution in [0.3, 0.4) is 0 Å². The summed E-state index contributed by atoms with van der Waals surface area (Å²) in [5, 5.41) is 4.31. The van der Waals surface area contributed by atoms with E-state index >= 15 is 0 Å². The predicted octanol–water partition coefficient (Wildman–Crippen LogP) is 3.68. The normalized spacial score (nSPS) is 26.0. The molecule has 1 saturated heterocycles. The van der Waals surface area contributed by atoms with E-state index in [1.165, 1.54) is 30.6 Å². The molecular weight excluding hydrogens is 282 g/mol. The van der Waals surface area contributed by atoms with Gasteiger partial charge in [0.25, 0.3) is 5.91 Å². The first-order valence-corrected chi connectivity index (χ1v) is 8.95. The quantitative estimate of drug-likeness (QED) is 0.923. The second-order valence-corrected chi connectivity index (χ2v) is 7.51. The number of aryl methyl sites for hydroxylation is 1. The third-order valence-corrected chi connectivity index (χ3v) is 5.79. The second kappa shape index (κ2) is 5.95. The molecule has 1 N–H and O–H groups in total. The number of hydrogen-bond donors (Lipinski definition) is 1. The minimum Gasteiger partial charge on any atom is -0.359 e. The van der Waals surface area contributed by atoms with Gasteiger partial charge in [-0.25, -0.2) is 4.98 Å². The first kappa shape index (κ1) is 14.8. The molecule has 0 radical (unpaired) electrons. The van der Waals surface area contributed by atoms with Crippen molar-refractivity contribution >= 4 is 22.4 Å². The molecule has 116 valence electrons. The summed E-state index contributed by atoms with van der Waals surface area (Å²) >= 11 is 1.53. The number of anilines is 1. The van der Waals surface area contributed by atoms with Crippen LogP contribution >= 0.6 is 11.3 Å². The molecule has 0 bridgehead atoms. The van der Waals surface area contributed by atoms with Crippen molar-refractivity contribution in [3.63, 3.8) is 0 Å². The van der Waals surface area contributed by atoms with E-state index in [1.54, 1.807) is 0 Å². The number of carbonyl (C=O) groups is 1. The zero-order chi connectivity index (χ0) is 15.0. The van der Waals surface area contributed by atoms with E-state index in [0.717, 1.165) is 35.1 Å². The highest BCUT2D eigenvalue weighted by Crippen LogP contribution is 2.32. The molecule has 21 heavy (non-hydrogen) atoms. The molecule has 1 aliphatic heterocycles. The van der Waals surface area contributed by atoms with Crippen molar-refractivity contribution in [2.45, 2.75) is 65.0 Å². The Morgan fingerprint density at radius 1 is 1.38 bits per heavy atom. The smallest absolute Gasteiger partial charge is 0.266 e.